The van der Waals surface area contributed by atoms with Gasteiger partial charge in [-0.25, -0.2) is 4.98 Å². The normalized spacial score (nSPS) is 19.3. The summed E-state index contributed by atoms with van der Waals surface area (Å²) in [7, 11) is 0. The molecule has 4 heterocycles. The van der Waals surface area contributed by atoms with Crippen LogP contribution in [-0.4, -0.2) is 76.5 Å². The molecule has 178 valence electrons. The van der Waals surface area contributed by atoms with Crippen LogP contribution in [0, 0.1) is 0 Å². The molecule has 0 aliphatic carbocycles. The van der Waals surface area contributed by atoms with Crippen molar-refractivity contribution in [3.63, 3.8) is 0 Å². The monoisotopic (exact) mass is 450 g/mol. The topological polar surface area (TPSA) is 64.6 Å². The highest BCUT2D eigenvalue weighted by Gasteiger charge is 2.30. The summed E-state index contributed by atoms with van der Waals surface area (Å²) in [5, 5.41) is 2.95. The molecule has 7 heteroatoms. The zero-order chi connectivity index (χ0) is 23.3. The molecule has 0 bridgehead atoms. The van der Waals surface area contributed by atoms with Crippen LogP contribution in [0.25, 0.3) is 0 Å². The zero-order valence-corrected chi connectivity index (χ0v) is 20.3. The molecular formula is C26H38N6O. The van der Waals surface area contributed by atoms with Gasteiger partial charge in [-0.15, -0.1) is 0 Å². The summed E-state index contributed by atoms with van der Waals surface area (Å²) in [6, 6.07) is 10.3. The molecule has 2 saturated heterocycles. The number of carbonyl (C=O) groups excluding carboxylic acids is 1. The Balaban J connectivity index is 1.31. The van der Waals surface area contributed by atoms with Gasteiger partial charge in [0.05, 0.1) is 0 Å². The molecule has 0 unspecified atom stereocenters. The van der Waals surface area contributed by atoms with Crippen molar-refractivity contribution in [1.82, 2.24) is 25.1 Å². The van der Waals surface area contributed by atoms with E-state index in [9.17, 15) is 4.79 Å². The maximum absolute atomic E-state index is 12.7. The van der Waals surface area contributed by atoms with Crippen molar-refractivity contribution in [2.75, 3.05) is 44.2 Å². The van der Waals surface area contributed by atoms with Gasteiger partial charge in [-0.2, -0.15) is 0 Å². The lowest BCUT2D eigenvalue weighted by Gasteiger charge is -2.43. The van der Waals surface area contributed by atoms with Gasteiger partial charge < -0.3 is 10.2 Å². The highest BCUT2D eigenvalue weighted by atomic mass is 16.1. The van der Waals surface area contributed by atoms with Crippen LogP contribution in [0.4, 0.5) is 5.82 Å². The second-order valence-electron chi connectivity index (χ2n) is 10.2. The summed E-state index contributed by atoms with van der Waals surface area (Å²) in [5.41, 5.74) is 1.71. The predicted octanol–water partition coefficient (Wildman–Crippen LogP) is 3.18. The van der Waals surface area contributed by atoms with Crippen molar-refractivity contribution in [3.05, 3.63) is 54.0 Å². The van der Waals surface area contributed by atoms with E-state index in [0.29, 0.717) is 18.3 Å². The average molecular weight is 451 g/mol. The van der Waals surface area contributed by atoms with Gasteiger partial charge in [0.25, 0.3) is 5.91 Å². The van der Waals surface area contributed by atoms with Gasteiger partial charge in [0, 0.05) is 69.8 Å². The Bertz CT molecular complexity index is 904. The number of pyridine rings is 2. The van der Waals surface area contributed by atoms with Crippen LogP contribution in [0.15, 0.2) is 42.7 Å². The van der Waals surface area contributed by atoms with Gasteiger partial charge in [-0.1, -0.05) is 12.1 Å². The summed E-state index contributed by atoms with van der Waals surface area (Å²) in [5.74, 6) is 0.746. The molecular weight excluding hydrogens is 412 g/mol. The molecule has 2 aromatic rings. The maximum atomic E-state index is 12.7. The van der Waals surface area contributed by atoms with Gasteiger partial charge in [-0.3, -0.25) is 19.6 Å². The number of aromatic nitrogens is 2. The van der Waals surface area contributed by atoms with Crippen LogP contribution < -0.4 is 10.2 Å². The SMILES string of the molecule is CC(C)(C)N1CCC(N2CCCN(c3cccc(C(=O)NCc4cccnc4)n3)CC2)CC1. The van der Waals surface area contributed by atoms with Crippen molar-refractivity contribution in [2.45, 2.75) is 58.2 Å². The molecule has 0 atom stereocenters. The van der Waals surface area contributed by atoms with Gasteiger partial charge in [0.1, 0.15) is 11.5 Å². The highest BCUT2D eigenvalue weighted by Crippen LogP contribution is 2.24. The van der Waals surface area contributed by atoms with Crippen LogP contribution in [0.3, 0.4) is 0 Å². The van der Waals surface area contributed by atoms with Crippen molar-refractivity contribution >= 4 is 11.7 Å². The van der Waals surface area contributed by atoms with E-state index in [2.05, 4.69) is 45.8 Å². The molecule has 1 N–H and O–H groups in total. The van der Waals surface area contributed by atoms with Crippen LogP contribution in [0.1, 0.15) is 56.1 Å². The van der Waals surface area contributed by atoms with Crippen molar-refractivity contribution < 1.29 is 4.79 Å². The summed E-state index contributed by atoms with van der Waals surface area (Å²) >= 11 is 0. The Morgan fingerprint density at radius 2 is 1.85 bits per heavy atom. The number of likely N-dealkylation sites (tertiary alicyclic amines) is 1. The molecule has 0 aromatic carbocycles. The number of anilines is 1. The van der Waals surface area contributed by atoms with E-state index < -0.39 is 0 Å². The van der Waals surface area contributed by atoms with Crippen LogP contribution >= 0.6 is 0 Å². The minimum absolute atomic E-state index is 0.150. The fraction of sp³-hybridized carbons (Fsp3) is 0.577. The summed E-state index contributed by atoms with van der Waals surface area (Å²) in [4.78, 5) is 29.1. The lowest BCUT2D eigenvalue weighted by Crippen LogP contribution is -2.51. The first-order valence-corrected chi connectivity index (χ1v) is 12.3. The molecule has 2 aliphatic rings. The largest absolute Gasteiger partial charge is 0.355 e. The van der Waals surface area contributed by atoms with E-state index in [-0.39, 0.29) is 11.4 Å². The van der Waals surface area contributed by atoms with Crippen molar-refractivity contribution in [3.8, 4) is 0 Å². The first-order valence-electron chi connectivity index (χ1n) is 12.3. The molecule has 4 rings (SSSR count). The Morgan fingerprint density at radius 3 is 2.58 bits per heavy atom. The number of carbonyl (C=O) groups is 1. The number of hydrogen-bond acceptors (Lipinski definition) is 6. The molecule has 33 heavy (non-hydrogen) atoms. The third kappa shape index (κ3) is 6.30. The first-order chi connectivity index (χ1) is 15.9. The number of nitrogens with one attached hydrogen (secondary N) is 1. The van der Waals surface area contributed by atoms with Gasteiger partial charge in [0.2, 0.25) is 0 Å². The lowest BCUT2D eigenvalue weighted by molar-refractivity contribution is 0.0589. The van der Waals surface area contributed by atoms with Gasteiger partial charge in [-0.05, 0) is 63.8 Å². The van der Waals surface area contributed by atoms with Crippen LogP contribution in [-0.2, 0) is 6.54 Å². The van der Waals surface area contributed by atoms with E-state index in [4.69, 9.17) is 4.98 Å². The van der Waals surface area contributed by atoms with Gasteiger partial charge >= 0.3 is 0 Å². The van der Waals surface area contributed by atoms with E-state index >= 15 is 0 Å². The molecule has 0 spiro atoms. The summed E-state index contributed by atoms with van der Waals surface area (Å²) in [6.07, 6.45) is 7.12. The third-order valence-electron chi connectivity index (χ3n) is 6.93. The van der Waals surface area contributed by atoms with E-state index in [1.807, 2.05) is 24.3 Å². The summed E-state index contributed by atoms with van der Waals surface area (Å²) < 4.78 is 0. The molecule has 2 aromatic heterocycles. The molecule has 2 aliphatic heterocycles. The smallest absolute Gasteiger partial charge is 0.270 e. The second-order valence-corrected chi connectivity index (χ2v) is 10.2. The zero-order valence-electron chi connectivity index (χ0n) is 20.3. The number of amides is 1. The second kappa shape index (κ2) is 10.6. The molecule has 7 nitrogen and oxygen atoms in total. The number of nitrogens with zero attached hydrogens (tertiary/aromatic N) is 5. The summed E-state index contributed by atoms with van der Waals surface area (Å²) in [6.45, 7) is 13.9. The predicted molar refractivity (Wildman–Crippen MR) is 132 cm³/mol. The molecule has 0 radical (unpaired) electrons. The lowest BCUT2D eigenvalue weighted by atomic mass is 9.97. The minimum atomic E-state index is -0.150. The van der Waals surface area contributed by atoms with E-state index in [0.717, 1.165) is 44.0 Å². The fourth-order valence-electron chi connectivity index (χ4n) is 4.93. The Morgan fingerprint density at radius 1 is 1.03 bits per heavy atom. The molecule has 2 fully saturated rings. The van der Waals surface area contributed by atoms with E-state index in [1.165, 1.54) is 25.9 Å². The van der Waals surface area contributed by atoms with Gasteiger partial charge in [0.15, 0.2) is 0 Å². The number of piperidine rings is 1. The third-order valence-corrected chi connectivity index (χ3v) is 6.93. The number of hydrogen-bond donors (Lipinski definition) is 1. The highest BCUT2D eigenvalue weighted by molar-refractivity contribution is 5.92. The fourth-order valence-corrected chi connectivity index (χ4v) is 4.93. The van der Waals surface area contributed by atoms with E-state index in [1.54, 1.807) is 18.5 Å². The minimum Gasteiger partial charge on any atom is -0.355 e. The Kier molecular flexibility index (Phi) is 7.60. The quantitative estimate of drug-likeness (QED) is 0.755. The Hall–Kier alpha value is -2.51. The Labute approximate surface area is 198 Å². The molecule has 0 saturated carbocycles. The van der Waals surface area contributed by atoms with Crippen LogP contribution in [0.2, 0.25) is 0 Å². The van der Waals surface area contributed by atoms with Crippen molar-refractivity contribution in [2.24, 2.45) is 0 Å². The maximum Gasteiger partial charge on any atom is 0.270 e. The van der Waals surface area contributed by atoms with Crippen molar-refractivity contribution in [1.29, 1.82) is 0 Å². The molecule has 1 amide bonds. The average Bonchev–Trinajstić information content (AvgIpc) is 3.09. The standard InChI is InChI=1S/C26H38N6O/c1-26(2,3)32-15-10-22(11-16-32)30-13-6-14-31(18-17-30)24-9-4-8-23(29-24)25(33)28-20-21-7-5-12-27-19-21/h4-5,7-9,12,19,22H,6,10-11,13-18,20H2,1-3H3,(H,28,33). The first kappa shape index (κ1) is 23.6. The number of rotatable bonds is 5. The van der Waals surface area contributed by atoms with Crippen LogP contribution in [0.5, 0.6) is 0 Å².